The number of hydrogen-bond donors (Lipinski definition) is 3. The van der Waals surface area contributed by atoms with Crippen molar-refractivity contribution in [3.05, 3.63) is 58.1 Å². The first kappa shape index (κ1) is 23.6. The molecule has 182 valence electrons. The number of hydrogen-bond acceptors (Lipinski definition) is 4. The zero-order valence-corrected chi connectivity index (χ0v) is 21.5. The van der Waals surface area contributed by atoms with Gasteiger partial charge < -0.3 is 25.5 Å². The van der Waals surface area contributed by atoms with Gasteiger partial charge in [0.25, 0.3) is 0 Å². The van der Waals surface area contributed by atoms with Crippen LogP contribution in [0.4, 0.5) is 16.2 Å². The lowest BCUT2D eigenvalue weighted by Crippen LogP contribution is -2.49. The Morgan fingerprint density at radius 2 is 1.91 bits per heavy atom. The molecule has 0 bridgehead atoms. The van der Waals surface area contributed by atoms with E-state index < -0.39 is 0 Å². The van der Waals surface area contributed by atoms with Crippen molar-refractivity contribution >= 4 is 33.3 Å². The van der Waals surface area contributed by atoms with E-state index in [-0.39, 0.29) is 23.5 Å². The van der Waals surface area contributed by atoms with Crippen LogP contribution < -0.4 is 10.6 Å². The molecule has 7 heteroatoms. The van der Waals surface area contributed by atoms with Crippen molar-refractivity contribution in [3.63, 3.8) is 0 Å². The minimum absolute atomic E-state index is 0.0597. The smallest absolute Gasteiger partial charge is 0.321 e. The molecule has 5 rings (SSSR count). The summed E-state index contributed by atoms with van der Waals surface area (Å²) in [5, 5.41) is 17.6. The van der Waals surface area contributed by atoms with Gasteiger partial charge in [-0.3, -0.25) is 0 Å². The van der Waals surface area contributed by atoms with Crippen LogP contribution in [0.15, 0.2) is 46.9 Å². The summed E-state index contributed by atoms with van der Waals surface area (Å²) in [5.74, 6) is 0.252. The summed E-state index contributed by atoms with van der Waals surface area (Å²) in [4.78, 5) is 17.0. The Hall–Kier alpha value is -2.09. The summed E-state index contributed by atoms with van der Waals surface area (Å²) in [6.07, 6.45) is 3.64. The van der Waals surface area contributed by atoms with Gasteiger partial charge in [-0.25, -0.2) is 4.79 Å². The molecule has 6 nitrogen and oxygen atoms in total. The molecule has 34 heavy (non-hydrogen) atoms. The number of aliphatic hydroxyl groups excluding tert-OH is 1. The molecule has 2 saturated heterocycles. The average molecular weight is 528 g/mol. The summed E-state index contributed by atoms with van der Waals surface area (Å²) >= 11 is 3.52. The predicted molar refractivity (Wildman–Crippen MR) is 140 cm³/mol. The van der Waals surface area contributed by atoms with Crippen molar-refractivity contribution in [3.8, 4) is 0 Å². The number of aryl methyl sites for hydroxylation is 1. The van der Waals surface area contributed by atoms with E-state index in [1.807, 2.05) is 30.0 Å². The van der Waals surface area contributed by atoms with E-state index in [9.17, 15) is 9.90 Å². The molecule has 1 spiro atoms. The molecule has 3 heterocycles. The molecule has 2 aromatic carbocycles. The maximum Gasteiger partial charge on any atom is 0.321 e. The number of nitrogens with zero attached hydrogens (tertiary/aromatic N) is 2. The fourth-order valence-electron chi connectivity index (χ4n) is 5.84. The Morgan fingerprint density at radius 3 is 2.65 bits per heavy atom. The zero-order valence-electron chi connectivity index (χ0n) is 19.9. The number of carbonyl (C=O) groups excluding carboxylic acids is 1. The molecule has 0 saturated carbocycles. The van der Waals surface area contributed by atoms with Crippen molar-refractivity contribution in [1.29, 1.82) is 0 Å². The number of amides is 2. The van der Waals surface area contributed by atoms with Crippen LogP contribution in [-0.4, -0.2) is 66.3 Å². The Balaban J connectivity index is 1.08. The van der Waals surface area contributed by atoms with Gasteiger partial charge in [0.1, 0.15) is 0 Å². The van der Waals surface area contributed by atoms with E-state index in [2.05, 4.69) is 55.7 Å². The van der Waals surface area contributed by atoms with Crippen LogP contribution >= 0.6 is 15.9 Å². The zero-order chi connectivity index (χ0) is 23.7. The van der Waals surface area contributed by atoms with Gasteiger partial charge in [-0.15, -0.1) is 0 Å². The largest absolute Gasteiger partial charge is 0.392 e. The number of anilines is 2. The number of likely N-dealkylation sites (tertiary alicyclic amines) is 2. The number of rotatable bonds is 4. The van der Waals surface area contributed by atoms with Crippen LogP contribution in [0.25, 0.3) is 0 Å². The van der Waals surface area contributed by atoms with Gasteiger partial charge in [-0.1, -0.05) is 40.2 Å². The third kappa shape index (κ3) is 4.83. The molecule has 1 unspecified atom stereocenters. The number of nitrogens with one attached hydrogen (secondary N) is 2. The normalized spacial score (nSPS) is 21.2. The lowest BCUT2D eigenvalue weighted by Gasteiger charge is -2.41. The predicted octanol–water partition coefficient (Wildman–Crippen LogP) is 4.82. The fourth-order valence-corrected chi connectivity index (χ4v) is 6.22. The maximum atomic E-state index is 12.7. The van der Waals surface area contributed by atoms with Crippen molar-refractivity contribution in [2.45, 2.75) is 44.1 Å². The van der Waals surface area contributed by atoms with Crippen molar-refractivity contribution in [2.24, 2.45) is 5.92 Å². The third-order valence-electron chi connectivity index (χ3n) is 8.17. The Bertz CT molecular complexity index is 1030. The number of carbonyl (C=O) groups is 1. The molecular formula is C27H35BrN4O2. The minimum Gasteiger partial charge on any atom is -0.392 e. The first-order valence-electron chi connectivity index (χ1n) is 12.5. The first-order chi connectivity index (χ1) is 16.4. The third-order valence-corrected chi connectivity index (χ3v) is 9.02. The molecule has 3 aliphatic rings. The molecule has 2 aromatic rings. The number of fused-ring (bicyclic) bond motifs is 2. The van der Waals surface area contributed by atoms with E-state index >= 15 is 0 Å². The lowest BCUT2D eigenvalue weighted by atomic mass is 9.74. The second-order valence-electron chi connectivity index (χ2n) is 10.3. The van der Waals surface area contributed by atoms with Crippen LogP contribution in [0.1, 0.15) is 36.8 Å². The number of aliphatic hydroxyl groups is 1. The van der Waals surface area contributed by atoms with Gasteiger partial charge >= 0.3 is 6.03 Å². The SMILES string of the molecule is Cc1ccc(NC(=O)N2CCC(C(O)CN3CCC4(CC3)CNc3ccccc34)CC2)cc1Br. The number of benzene rings is 2. The topological polar surface area (TPSA) is 67.8 Å². The van der Waals surface area contributed by atoms with Crippen LogP contribution in [0.3, 0.4) is 0 Å². The van der Waals surface area contributed by atoms with E-state index in [0.717, 1.165) is 67.6 Å². The highest BCUT2D eigenvalue weighted by Crippen LogP contribution is 2.43. The summed E-state index contributed by atoms with van der Waals surface area (Å²) in [6, 6.07) is 14.5. The monoisotopic (exact) mass is 526 g/mol. The van der Waals surface area contributed by atoms with Crippen LogP contribution in [0.2, 0.25) is 0 Å². The molecule has 2 fully saturated rings. The minimum atomic E-state index is -0.332. The van der Waals surface area contributed by atoms with Crippen molar-refractivity contribution in [1.82, 2.24) is 9.80 Å². The number of para-hydroxylation sites is 1. The summed E-state index contributed by atoms with van der Waals surface area (Å²) in [7, 11) is 0. The van der Waals surface area contributed by atoms with Gasteiger partial charge in [-0.05, 0) is 80.9 Å². The van der Waals surface area contributed by atoms with Crippen LogP contribution in [0, 0.1) is 12.8 Å². The van der Waals surface area contributed by atoms with E-state index in [4.69, 9.17) is 0 Å². The van der Waals surface area contributed by atoms with Gasteiger partial charge in [-0.2, -0.15) is 0 Å². The van der Waals surface area contributed by atoms with E-state index in [0.29, 0.717) is 13.1 Å². The van der Waals surface area contributed by atoms with Crippen molar-refractivity contribution < 1.29 is 9.90 Å². The molecule has 0 radical (unpaired) electrons. The first-order valence-corrected chi connectivity index (χ1v) is 13.3. The summed E-state index contributed by atoms with van der Waals surface area (Å²) < 4.78 is 0.990. The highest BCUT2D eigenvalue weighted by Gasteiger charge is 2.41. The number of β-amino-alcohol motifs (C(OH)–C–C–N with tert-alkyl or cyclic N) is 1. The average Bonchev–Trinajstić information content (AvgIpc) is 3.21. The molecule has 3 aliphatic heterocycles. The highest BCUT2D eigenvalue weighted by atomic mass is 79.9. The molecule has 2 amide bonds. The Kier molecular flexibility index (Phi) is 6.87. The Morgan fingerprint density at radius 1 is 1.18 bits per heavy atom. The van der Waals surface area contributed by atoms with E-state index in [1.54, 1.807) is 0 Å². The second-order valence-corrected chi connectivity index (χ2v) is 11.1. The van der Waals surface area contributed by atoms with Crippen LogP contribution in [0.5, 0.6) is 0 Å². The quantitative estimate of drug-likeness (QED) is 0.534. The number of piperidine rings is 2. The summed E-state index contributed by atoms with van der Waals surface area (Å²) in [5.41, 5.74) is 4.96. The summed E-state index contributed by atoms with van der Waals surface area (Å²) in [6.45, 7) is 7.22. The fraction of sp³-hybridized carbons (Fsp3) is 0.519. The Labute approximate surface area is 210 Å². The van der Waals surface area contributed by atoms with Crippen molar-refractivity contribution in [2.75, 3.05) is 49.9 Å². The molecule has 1 atom stereocenters. The van der Waals surface area contributed by atoms with Gasteiger partial charge in [0.2, 0.25) is 0 Å². The molecule has 3 N–H and O–H groups in total. The highest BCUT2D eigenvalue weighted by molar-refractivity contribution is 9.10. The molecular weight excluding hydrogens is 492 g/mol. The number of urea groups is 1. The molecule has 0 aromatic heterocycles. The van der Waals surface area contributed by atoms with E-state index in [1.165, 1.54) is 11.3 Å². The van der Waals surface area contributed by atoms with Gasteiger partial charge in [0.15, 0.2) is 0 Å². The van der Waals surface area contributed by atoms with Gasteiger partial charge in [0, 0.05) is 47.4 Å². The standard InChI is InChI=1S/C27H35BrN4O2/c1-19-6-7-21(16-23(19)28)30-26(34)32-12-8-20(9-13-32)25(33)17-31-14-10-27(11-15-31)18-29-24-5-3-2-4-22(24)27/h2-7,16,20,25,29,33H,8-15,17-18H2,1H3,(H,30,34). The lowest BCUT2D eigenvalue weighted by molar-refractivity contribution is 0.0266. The molecule has 0 aliphatic carbocycles. The number of halogens is 1. The maximum absolute atomic E-state index is 12.7. The van der Waals surface area contributed by atoms with Crippen LogP contribution in [-0.2, 0) is 5.41 Å². The van der Waals surface area contributed by atoms with Gasteiger partial charge in [0.05, 0.1) is 6.10 Å². The second kappa shape index (κ2) is 9.88.